The third-order valence-corrected chi connectivity index (χ3v) is 3.28. The first-order valence-electron chi connectivity index (χ1n) is 5.16. The third kappa shape index (κ3) is 4.94. The molecule has 0 atom stereocenters. The van der Waals surface area contributed by atoms with E-state index in [1.54, 1.807) is 12.1 Å². The number of benzene rings is 1. The fraction of sp³-hybridized carbons (Fsp3) is 0.231. The highest BCUT2D eigenvalue weighted by Crippen LogP contribution is 2.16. The Morgan fingerprint density at radius 1 is 1.44 bits per heavy atom. The maximum Gasteiger partial charge on any atom is 0.337 e. The summed E-state index contributed by atoms with van der Waals surface area (Å²) in [5, 5.41) is 9.09. The van der Waals surface area contributed by atoms with Crippen molar-refractivity contribution in [3.63, 3.8) is 0 Å². The van der Waals surface area contributed by atoms with E-state index in [2.05, 4.69) is 27.8 Å². The van der Waals surface area contributed by atoms with Crippen LogP contribution in [-0.4, -0.2) is 21.9 Å². The summed E-state index contributed by atoms with van der Waals surface area (Å²) >= 11 is 4.44. The second-order valence-electron chi connectivity index (χ2n) is 3.39. The number of aromatic carboxylic acids is 1. The molecule has 3 nitrogen and oxygen atoms in total. The van der Waals surface area contributed by atoms with Crippen molar-refractivity contribution in [2.45, 2.75) is 13.3 Å². The fourth-order valence-electron chi connectivity index (χ4n) is 1.21. The van der Waals surface area contributed by atoms with Gasteiger partial charge in [0.25, 0.3) is 0 Å². The number of rotatable bonds is 3. The maximum atomic E-state index is 11.0. The van der Waals surface area contributed by atoms with E-state index in [1.165, 1.54) is 24.8 Å². The first kappa shape index (κ1) is 14.8. The Morgan fingerprint density at radius 3 is 2.78 bits per heavy atom. The molecule has 1 N–H and O–H groups in total. The van der Waals surface area contributed by atoms with Gasteiger partial charge in [-0.3, -0.25) is 4.79 Å². The number of halogens is 1. The van der Waals surface area contributed by atoms with Gasteiger partial charge in [-0.2, -0.15) is 0 Å². The molecule has 0 saturated heterocycles. The van der Waals surface area contributed by atoms with E-state index in [9.17, 15) is 9.59 Å². The first-order chi connectivity index (χ1) is 8.50. The lowest BCUT2D eigenvalue weighted by molar-refractivity contribution is -0.109. The van der Waals surface area contributed by atoms with Crippen LogP contribution < -0.4 is 0 Å². The molecule has 0 spiro atoms. The van der Waals surface area contributed by atoms with Crippen molar-refractivity contribution in [1.29, 1.82) is 0 Å². The van der Waals surface area contributed by atoms with Gasteiger partial charge in [0.2, 0.25) is 0 Å². The number of carboxylic acids is 1. The zero-order valence-electron chi connectivity index (χ0n) is 9.70. The van der Waals surface area contributed by atoms with Crippen LogP contribution in [0.5, 0.6) is 0 Å². The van der Waals surface area contributed by atoms with E-state index in [-0.39, 0.29) is 10.7 Å². The fourth-order valence-corrected chi connectivity index (χ4v) is 2.06. The zero-order chi connectivity index (χ0) is 13.5. The number of hydrogen-bond donors (Lipinski definition) is 1. The Bertz CT molecular complexity index is 529. The zero-order valence-corrected chi connectivity index (χ0v) is 12.1. The minimum absolute atomic E-state index is 0.0617. The summed E-state index contributed by atoms with van der Waals surface area (Å²) in [5.74, 6) is 5.31. The minimum Gasteiger partial charge on any atom is -0.478 e. The SMILES string of the molecule is CC(=O)SCCC#Cc1ccc(Br)cc1C(=O)O. The number of thioether (sulfide) groups is 1. The molecule has 0 aliphatic rings. The Kier molecular flexibility index (Phi) is 5.96. The second-order valence-corrected chi connectivity index (χ2v) is 5.57. The Balaban J connectivity index is 2.75. The minimum atomic E-state index is -1.00. The van der Waals surface area contributed by atoms with Crippen molar-refractivity contribution in [2.24, 2.45) is 0 Å². The highest BCUT2D eigenvalue weighted by atomic mass is 79.9. The molecule has 0 aliphatic heterocycles. The first-order valence-corrected chi connectivity index (χ1v) is 6.93. The average Bonchev–Trinajstić information content (AvgIpc) is 2.29. The van der Waals surface area contributed by atoms with Crippen LogP contribution in [0.3, 0.4) is 0 Å². The molecule has 0 aromatic heterocycles. The highest BCUT2D eigenvalue weighted by Gasteiger charge is 2.08. The second kappa shape index (κ2) is 7.24. The van der Waals surface area contributed by atoms with E-state index in [4.69, 9.17) is 5.11 Å². The summed E-state index contributed by atoms with van der Waals surface area (Å²) in [6.45, 7) is 1.51. The molecule has 0 amide bonds. The van der Waals surface area contributed by atoms with E-state index in [0.717, 1.165) is 0 Å². The van der Waals surface area contributed by atoms with Crippen molar-refractivity contribution in [1.82, 2.24) is 0 Å². The van der Waals surface area contributed by atoms with Gasteiger partial charge in [-0.05, 0) is 18.2 Å². The molecular weight excluding hydrogens is 316 g/mol. The van der Waals surface area contributed by atoms with Crippen molar-refractivity contribution >= 4 is 38.8 Å². The number of hydrogen-bond acceptors (Lipinski definition) is 3. The summed E-state index contributed by atoms with van der Waals surface area (Å²) in [5.41, 5.74) is 0.662. The lowest BCUT2D eigenvalue weighted by atomic mass is 10.1. The van der Waals surface area contributed by atoms with Gasteiger partial charge in [0.15, 0.2) is 5.12 Å². The van der Waals surface area contributed by atoms with Crippen LogP contribution in [0.25, 0.3) is 0 Å². The van der Waals surface area contributed by atoms with Gasteiger partial charge in [0.05, 0.1) is 5.56 Å². The van der Waals surface area contributed by atoms with Crippen LogP contribution in [-0.2, 0) is 4.79 Å². The van der Waals surface area contributed by atoms with Crippen LogP contribution in [0.15, 0.2) is 22.7 Å². The molecule has 94 valence electrons. The Hall–Kier alpha value is -1.25. The molecule has 0 aliphatic carbocycles. The topological polar surface area (TPSA) is 54.4 Å². The number of carbonyl (C=O) groups is 2. The van der Waals surface area contributed by atoms with Gasteiger partial charge in [-0.15, -0.1) is 0 Å². The molecule has 18 heavy (non-hydrogen) atoms. The number of carbonyl (C=O) groups excluding carboxylic acids is 1. The van der Waals surface area contributed by atoms with Gasteiger partial charge in [0, 0.05) is 29.1 Å². The molecular formula is C13H11BrO3S. The molecule has 0 heterocycles. The molecule has 5 heteroatoms. The Labute approximate surface area is 118 Å². The van der Waals surface area contributed by atoms with Crippen LogP contribution in [0.2, 0.25) is 0 Å². The van der Waals surface area contributed by atoms with E-state index < -0.39 is 5.97 Å². The van der Waals surface area contributed by atoms with Gasteiger partial charge in [-0.25, -0.2) is 4.79 Å². The Morgan fingerprint density at radius 2 is 2.17 bits per heavy atom. The molecule has 0 radical (unpaired) electrons. The molecule has 0 fully saturated rings. The summed E-state index contributed by atoms with van der Waals surface area (Å²) in [4.78, 5) is 21.7. The number of carboxylic acid groups (broad SMARTS) is 1. The molecule has 1 rings (SSSR count). The van der Waals surface area contributed by atoms with E-state index in [1.807, 2.05) is 0 Å². The lowest BCUT2D eigenvalue weighted by Gasteiger charge is -1.99. The predicted molar refractivity (Wildman–Crippen MR) is 75.7 cm³/mol. The summed E-state index contributed by atoms with van der Waals surface area (Å²) in [6, 6.07) is 4.94. The van der Waals surface area contributed by atoms with E-state index in [0.29, 0.717) is 22.2 Å². The van der Waals surface area contributed by atoms with Crippen molar-refractivity contribution in [3.8, 4) is 11.8 Å². The summed E-state index contributed by atoms with van der Waals surface area (Å²) in [6.07, 6.45) is 0.555. The molecule has 1 aromatic carbocycles. The standard InChI is InChI=1S/C13H11BrO3S/c1-9(15)18-7-3-2-4-10-5-6-11(14)8-12(10)13(16)17/h5-6,8H,3,7H2,1H3,(H,16,17). The van der Waals surface area contributed by atoms with Gasteiger partial charge in [0.1, 0.15) is 0 Å². The van der Waals surface area contributed by atoms with Crippen LogP contribution in [0.4, 0.5) is 0 Å². The van der Waals surface area contributed by atoms with Gasteiger partial charge in [-0.1, -0.05) is 39.5 Å². The largest absolute Gasteiger partial charge is 0.478 e. The summed E-state index contributed by atoms with van der Waals surface area (Å²) in [7, 11) is 0. The molecule has 0 unspecified atom stereocenters. The van der Waals surface area contributed by atoms with Crippen LogP contribution in [0.1, 0.15) is 29.3 Å². The third-order valence-electron chi connectivity index (χ3n) is 1.97. The van der Waals surface area contributed by atoms with Crippen molar-refractivity contribution in [3.05, 3.63) is 33.8 Å². The molecule has 0 saturated carbocycles. The van der Waals surface area contributed by atoms with E-state index >= 15 is 0 Å². The van der Waals surface area contributed by atoms with Crippen LogP contribution in [0, 0.1) is 11.8 Å². The highest BCUT2D eigenvalue weighted by molar-refractivity contribution is 9.10. The predicted octanol–water partition coefficient (Wildman–Crippen LogP) is 3.17. The average molecular weight is 327 g/mol. The lowest BCUT2D eigenvalue weighted by Crippen LogP contribution is -1.99. The monoisotopic (exact) mass is 326 g/mol. The molecule has 0 bridgehead atoms. The maximum absolute atomic E-state index is 11.0. The normalized spacial score (nSPS) is 9.44. The van der Waals surface area contributed by atoms with Crippen molar-refractivity contribution < 1.29 is 14.7 Å². The van der Waals surface area contributed by atoms with Gasteiger partial charge >= 0.3 is 5.97 Å². The summed E-state index contributed by atoms with van der Waals surface area (Å²) < 4.78 is 0.706. The van der Waals surface area contributed by atoms with Crippen molar-refractivity contribution in [2.75, 3.05) is 5.75 Å². The van der Waals surface area contributed by atoms with Crippen LogP contribution >= 0.6 is 27.7 Å². The quantitative estimate of drug-likeness (QED) is 0.684. The smallest absolute Gasteiger partial charge is 0.337 e. The van der Waals surface area contributed by atoms with Gasteiger partial charge < -0.3 is 5.11 Å². The molecule has 1 aromatic rings.